The van der Waals surface area contributed by atoms with Crippen LogP contribution in [-0.4, -0.2) is 0 Å². The first-order chi connectivity index (χ1) is 6.27. The molecular weight excluding hydrogens is 158 g/mol. The van der Waals surface area contributed by atoms with E-state index in [4.69, 9.17) is 5.73 Å². The molecule has 1 aromatic carbocycles. The molecule has 0 aliphatic heterocycles. The molecule has 0 saturated heterocycles. The fraction of sp³-hybridized carbons (Fsp3) is 0.333. The number of hydrogen-bond acceptors (Lipinski definition) is 1. The van der Waals surface area contributed by atoms with Crippen molar-refractivity contribution in [2.24, 2.45) is 11.7 Å². The Hall–Kier alpha value is -1.08. The Kier molecular flexibility index (Phi) is 2.19. The molecule has 1 aromatic rings. The monoisotopic (exact) mass is 173 g/mol. The third-order valence-corrected chi connectivity index (χ3v) is 2.79. The molecule has 0 heterocycles. The summed E-state index contributed by atoms with van der Waals surface area (Å²) in [6.07, 6.45) is 2.21. The minimum Gasteiger partial charge on any atom is -0.324 e. The van der Waals surface area contributed by atoms with Crippen molar-refractivity contribution in [1.29, 1.82) is 0 Å². The SMILES string of the molecule is C=C1CC(C(N)c2ccccc2)C1. The largest absolute Gasteiger partial charge is 0.324 e. The second kappa shape index (κ2) is 3.35. The van der Waals surface area contributed by atoms with Gasteiger partial charge < -0.3 is 5.73 Å². The Morgan fingerprint density at radius 1 is 1.23 bits per heavy atom. The van der Waals surface area contributed by atoms with Gasteiger partial charge in [0.25, 0.3) is 0 Å². The molecule has 1 heteroatoms. The molecule has 1 unspecified atom stereocenters. The molecule has 1 aliphatic rings. The van der Waals surface area contributed by atoms with Crippen molar-refractivity contribution >= 4 is 0 Å². The minimum atomic E-state index is 0.201. The van der Waals surface area contributed by atoms with Gasteiger partial charge in [-0.25, -0.2) is 0 Å². The maximum absolute atomic E-state index is 6.12. The first-order valence-electron chi connectivity index (χ1n) is 4.74. The molecule has 1 atom stereocenters. The van der Waals surface area contributed by atoms with Gasteiger partial charge in [0.2, 0.25) is 0 Å². The molecule has 0 radical (unpaired) electrons. The van der Waals surface area contributed by atoms with Gasteiger partial charge >= 0.3 is 0 Å². The van der Waals surface area contributed by atoms with E-state index >= 15 is 0 Å². The van der Waals surface area contributed by atoms with Gasteiger partial charge in [0.05, 0.1) is 0 Å². The molecule has 68 valence electrons. The summed E-state index contributed by atoms with van der Waals surface area (Å²) in [6.45, 7) is 3.93. The topological polar surface area (TPSA) is 26.0 Å². The number of hydrogen-bond donors (Lipinski definition) is 1. The molecule has 2 N–H and O–H groups in total. The predicted octanol–water partition coefficient (Wildman–Crippen LogP) is 2.65. The van der Waals surface area contributed by atoms with Crippen LogP contribution in [0.5, 0.6) is 0 Å². The summed E-state index contributed by atoms with van der Waals surface area (Å²) in [5, 5.41) is 0. The summed E-state index contributed by atoms with van der Waals surface area (Å²) in [5.41, 5.74) is 8.72. The first kappa shape index (κ1) is 8.52. The molecule has 2 rings (SSSR count). The van der Waals surface area contributed by atoms with Crippen LogP contribution in [0.4, 0.5) is 0 Å². The fourth-order valence-electron chi connectivity index (χ4n) is 1.88. The third kappa shape index (κ3) is 1.65. The Labute approximate surface area is 79.3 Å². The molecule has 1 fully saturated rings. The van der Waals surface area contributed by atoms with Gasteiger partial charge in [0, 0.05) is 6.04 Å². The Balaban J connectivity index is 2.06. The molecule has 1 saturated carbocycles. The Bertz CT molecular complexity index is 294. The van der Waals surface area contributed by atoms with Crippen LogP contribution in [0.2, 0.25) is 0 Å². The van der Waals surface area contributed by atoms with Crippen LogP contribution < -0.4 is 5.73 Å². The summed E-state index contributed by atoms with van der Waals surface area (Å²) in [6, 6.07) is 10.5. The number of rotatable bonds is 2. The van der Waals surface area contributed by atoms with Crippen LogP contribution in [0.1, 0.15) is 24.4 Å². The van der Waals surface area contributed by atoms with Crippen molar-refractivity contribution in [3.63, 3.8) is 0 Å². The highest BCUT2D eigenvalue weighted by Crippen LogP contribution is 2.39. The molecule has 1 nitrogen and oxygen atoms in total. The summed E-state index contributed by atoms with van der Waals surface area (Å²) in [4.78, 5) is 0. The van der Waals surface area contributed by atoms with Crippen LogP contribution >= 0.6 is 0 Å². The minimum absolute atomic E-state index is 0.201. The molecular formula is C12H15N. The van der Waals surface area contributed by atoms with Crippen LogP contribution in [0.3, 0.4) is 0 Å². The molecule has 0 aromatic heterocycles. The van der Waals surface area contributed by atoms with E-state index in [0.29, 0.717) is 5.92 Å². The molecule has 0 bridgehead atoms. The highest BCUT2D eigenvalue weighted by atomic mass is 14.7. The quantitative estimate of drug-likeness (QED) is 0.684. The average molecular weight is 173 g/mol. The Morgan fingerprint density at radius 3 is 2.38 bits per heavy atom. The lowest BCUT2D eigenvalue weighted by Gasteiger charge is -2.33. The van der Waals surface area contributed by atoms with E-state index in [1.807, 2.05) is 18.2 Å². The maximum atomic E-state index is 6.12. The van der Waals surface area contributed by atoms with Gasteiger partial charge in [-0.1, -0.05) is 42.5 Å². The van der Waals surface area contributed by atoms with E-state index in [1.54, 1.807) is 0 Å². The van der Waals surface area contributed by atoms with E-state index in [2.05, 4.69) is 18.7 Å². The second-order valence-electron chi connectivity index (χ2n) is 3.85. The lowest BCUT2D eigenvalue weighted by Crippen LogP contribution is -2.28. The van der Waals surface area contributed by atoms with E-state index in [0.717, 1.165) is 12.8 Å². The van der Waals surface area contributed by atoms with Gasteiger partial charge in [0.15, 0.2) is 0 Å². The van der Waals surface area contributed by atoms with Crippen molar-refractivity contribution in [1.82, 2.24) is 0 Å². The second-order valence-corrected chi connectivity index (χ2v) is 3.85. The zero-order chi connectivity index (χ0) is 9.26. The van der Waals surface area contributed by atoms with Crippen LogP contribution in [0, 0.1) is 5.92 Å². The lowest BCUT2D eigenvalue weighted by atomic mass is 9.74. The van der Waals surface area contributed by atoms with E-state index < -0.39 is 0 Å². The van der Waals surface area contributed by atoms with E-state index in [1.165, 1.54) is 11.1 Å². The van der Waals surface area contributed by atoms with Gasteiger partial charge in [-0.3, -0.25) is 0 Å². The van der Waals surface area contributed by atoms with Crippen LogP contribution in [-0.2, 0) is 0 Å². The highest BCUT2D eigenvalue weighted by molar-refractivity contribution is 5.22. The lowest BCUT2D eigenvalue weighted by molar-refractivity contribution is 0.348. The zero-order valence-electron chi connectivity index (χ0n) is 7.74. The predicted molar refractivity (Wildman–Crippen MR) is 55.2 cm³/mol. The smallest absolute Gasteiger partial charge is 0.0329 e. The van der Waals surface area contributed by atoms with Crippen LogP contribution in [0.15, 0.2) is 42.5 Å². The van der Waals surface area contributed by atoms with Crippen molar-refractivity contribution < 1.29 is 0 Å². The summed E-state index contributed by atoms with van der Waals surface area (Å²) >= 11 is 0. The first-order valence-corrected chi connectivity index (χ1v) is 4.74. The standard InChI is InChI=1S/C12H15N/c1-9-7-11(8-9)12(13)10-5-3-2-4-6-10/h2-6,11-12H,1,7-8,13H2. The highest BCUT2D eigenvalue weighted by Gasteiger charge is 2.27. The summed E-state index contributed by atoms with van der Waals surface area (Å²) < 4.78 is 0. The fourth-order valence-corrected chi connectivity index (χ4v) is 1.88. The maximum Gasteiger partial charge on any atom is 0.0329 e. The molecule has 13 heavy (non-hydrogen) atoms. The van der Waals surface area contributed by atoms with Crippen LogP contribution in [0.25, 0.3) is 0 Å². The van der Waals surface area contributed by atoms with Crippen molar-refractivity contribution in [3.8, 4) is 0 Å². The number of nitrogens with two attached hydrogens (primary N) is 1. The summed E-state index contributed by atoms with van der Waals surface area (Å²) in [5.74, 6) is 0.620. The zero-order valence-corrected chi connectivity index (χ0v) is 7.74. The third-order valence-electron chi connectivity index (χ3n) is 2.79. The van der Waals surface area contributed by atoms with Crippen molar-refractivity contribution in [2.75, 3.05) is 0 Å². The van der Waals surface area contributed by atoms with E-state index in [-0.39, 0.29) is 6.04 Å². The molecule has 1 aliphatic carbocycles. The van der Waals surface area contributed by atoms with Crippen molar-refractivity contribution in [2.45, 2.75) is 18.9 Å². The number of allylic oxidation sites excluding steroid dienone is 1. The Morgan fingerprint density at radius 2 is 1.85 bits per heavy atom. The van der Waals surface area contributed by atoms with Gasteiger partial charge in [-0.2, -0.15) is 0 Å². The molecule has 0 amide bonds. The van der Waals surface area contributed by atoms with Gasteiger partial charge in [-0.05, 0) is 24.3 Å². The summed E-state index contributed by atoms with van der Waals surface area (Å²) in [7, 11) is 0. The average Bonchev–Trinajstić information content (AvgIpc) is 2.13. The van der Waals surface area contributed by atoms with Gasteiger partial charge in [0.1, 0.15) is 0 Å². The molecule has 0 spiro atoms. The van der Waals surface area contributed by atoms with Crippen molar-refractivity contribution in [3.05, 3.63) is 48.0 Å². The number of benzene rings is 1. The normalized spacial score (nSPS) is 19.6. The van der Waals surface area contributed by atoms with E-state index in [9.17, 15) is 0 Å². The van der Waals surface area contributed by atoms with Gasteiger partial charge in [-0.15, -0.1) is 0 Å².